The van der Waals surface area contributed by atoms with Crippen molar-refractivity contribution in [3.63, 3.8) is 0 Å². The van der Waals surface area contributed by atoms with E-state index in [4.69, 9.17) is 0 Å². The standard InChI is InChI=1S/C16H18N2.C7H14.C2H6/c1-13-8-7-11-16(15(13)12-17-2)18(3)14-9-5-4-6-10-14;1-4-5-6-7(2)3;1-2/h4-12H,1-3H3;2,4-6H2,1,3H3;1-2H3. The maximum atomic E-state index is 4.15. The molecule has 0 aromatic heterocycles. The predicted molar refractivity (Wildman–Crippen MR) is 125 cm³/mol. The third-order valence-electron chi connectivity index (χ3n) is 4.02. The van der Waals surface area contributed by atoms with Crippen molar-refractivity contribution in [1.82, 2.24) is 0 Å². The van der Waals surface area contributed by atoms with Crippen molar-refractivity contribution in [2.24, 2.45) is 4.99 Å². The zero-order valence-electron chi connectivity index (χ0n) is 18.4. The van der Waals surface area contributed by atoms with E-state index < -0.39 is 0 Å². The van der Waals surface area contributed by atoms with Gasteiger partial charge in [-0.2, -0.15) is 0 Å². The Morgan fingerprint density at radius 2 is 1.70 bits per heavy atom. The number of anilines is 2. The first-order valence-electron chi connectivity index (χ1n) is 9.96. The Kier molecular flexibility index (Phi) is 13.5. The van der Waals surface area contributed by atoms with Gasteiger partial charge in [-0.1, -0.05) is 63.1 Å². The average molecular weight is 367 g/mol. The molecule has 0 heterocycles. The summed E-state index contributed by atoms with van der Waals surface area (Å²) in [5.41, 5.74) is 6.06. The Hall–Kier alpha value is -2.35. The van der Waals surface area contributed by atoms with Gasteiger partial charge in [-0.05, 0) is 50.5 Å². The summed E-state index contributed by atoms with van der Waals surface area (Å²) in [6.45, 7) is 14.2. The molecule has 148 valence electrons. The Morgan fingerprint density at radius 3 is 2.19 bits per heavy atom. The molecule has 2 heteroatoms. The molecule has 0 atom stereocenters. The molecule has 2 aromatic carbocycles. The van der Waals surface area contributed by atoms with Crippen molar-refractivity contribution in [3.05, 3.63) is 71.8 Å². The van der Waals surface area contributed by atoms with E-state index in [9.17, 15) is 0 Å². The number of hydrogen-bond acceptors (Lipinski definition) is 2. The molecular formula is C25H38N2. The highest BCUT2D eigenvalue weighted by Gasteiger charge is 2.09. The zero-order chi connectivity index (χ0) is 20.7. The lowest BCUT2D eigenvalue weighted by Crippen LogP contribution is -2.12. The van der Waals surface area contributed by atoms with Crippen LogP contribution in [0.1, 0.15) is 58.1 Å². The van der Waals surface area contributed by atoms with E-state index in [1.54, 1.807) is 7.05 Å². The summed E-state index contributed by atoms with van der Waals surface area (Å²) in [5, 5.41) is 0. The molecule has 0 aliphatic rings. The van der Waals surface area contributed by atoms with Gasteiger partial charge in [0.2, 0.25) is 0 Å². The van der Waals surface area contributed by atoms with E-state index in [1.807, 2.05) is 26.1 Å². The minimum absolute atomic E-state index is 1.17. The first-order chi connectivity index (χ1) is 13.0. The topological polar surface area (TPSA) is 15.6 Å². The molecule has 27 heavy (non-hydrogen) atoms. The van der Waals surface area contributed by atoms with Gasteiger partial charge in [0.1, 0.15) is 0 Å². The highest BCUT2D eigenvalue weighted by molar-refractivity contribution is 5.91. The summed E-state index contributed by atoms with van der Waals surface area (Å²) in [6.07, 6.45) is 5.71. The zero-order valence-corrected chi connectivity index (χ0v) is 18.4. The molecule has 0 saturated heterocycles. The van der Waals surface area contributed by atoms with Crippen molar-refractivity contribution in [1.29, 1.82) is 0 Å². The van der Waals surface area contributed by atoms with Crippen LogP contribution in [0.2, 0.25) is 0 Å². The Labute approximate surface area is 167 Å². The molecule has 2 rings (SSSR count). The monoisotopic (exact) mass is 366 g/mol. The molecule has 0 N–H and O–H groups in total. The average Bonchev–Trinajstić information content (AvgIpc) is 2.70. The second-order valence-corrected chi connectivity index (χ2v) is 6.35. The van der Waals surface area contributed by atoms with Gasteiger partial charge >= 0.3 is 0 Å². The Bertz CT molecular complexity index is 672. The van der Waals surface area contributed by atoms with Crippen LogP contribution in [0.5, 0.6) is 0 Å². The second-order valence-electron chi connectivity index (χ2n) is 6.35. The van der Waals surface area contributed by atoms with E-state index in [0.29, 0.717) is 0 Å². The molecule has 0 spiro atoms. The van der Waals surface area contributed by atoms with Crippen LogP contribution in [0.15, 0.2) is 65.7 Å². The van der Waals surface area contributed by atoms with Crippen LogP contribution in [-0.2, 0) is 0 Å². The second kappa shape index (κ2) is 14.8. The van der Waals surface area contributed by atoms with Crippen LogP contribution in [0.25, 0.3) is 0 Å². The number of benzene rings is 2. The first-order valence-corrected chi connectivity index (χ1v) is 9.96. The first kappa shape index (κ1) is 24.7. The van der Waals surface area contributed by atoms with Crippen molar-refractivity contribution in [3.8, 4) is 0 Å². The number of aryl methyl sites for hydroxylation is 1. The van der Waals surface area contributed by atoms with Gasteiger partial charge in [0, 0.05) is 37.2 Å². The van der Waals surface area contributed by atoms with Crippen LogP contribution in [0, 0.1) is 6.92 Å². The van der Waals surface area contributed by atoms with Gasteiger partial charge in [-0.25, -0.2) is 0 Å². The fourth-order valence-corrected chi connectivity index (χ4v) is 2.52. The van der Waals surface area contributed by atoms with Gasteiger partial charge < -0.3 is 4.90 Å². The maximum Gasteiger partial charge on any atom is 0.0499 e. The van der Waals surface area contributed by atoms with Crippen LogP contribution in [0.3, 0.4) is 0 Å². The van der Waals surface area contributed by atoms with Crippen LogP contribution < -0.4 is 4.90 Å². The van der Waals surface area contributed by atoms with Crippen molar-refractivity contribution in [2.75, 3.05) is 19.0 Å². The van der Waals surface area contributed by atoms with Gasteiger partial charge in [0.15, 0.2) is 0 Å². The normalized spacial score (nSPS) is 9.74. The molecule has 0 amide bonds. The van der Waals surface area contributed by atoms with Crippen LogP contribution >= 0.6 is 0 Å². The minimum atomic E-state index is 1.17. The molecular weight excluding hydrogens is 328 g/mol. The van der Waals surface area contributed by atoms with E-state index in [1.165, 1.54) is 47.3 Å². The lowest BCUT2D eigenvalue weighted by atomic mass is 10.1. The quantitative estimate of drug-likeness (QED) is 0.380. The van der Waals surface area contributed by atoms with Crippen LogP contribution in [0.4, 0.5) is 11.4 Å². The molecule has 0 fully saturated rings. The highest BCUT2D eigenvalue weighted by Crippen LogP contribution is 2.27. The number of aliphatic imine (C=N–C) groups is 1. The molecule has 2 aromatic rings. The van der Waals surface area contributed by atoms with Gasteiger partial charge in [-0.15, -0.1) is 6.58 Å². The Balaban J connectivity index is 0.000000637. The fraction of sp³-hybridized carbons (Fsp3) is 0.400. The van der Waals surface area contributed by atoms with Gasteiger partial charge in [-0.3, -0.25) is 4.99 Å². The van der Waals surface area contributed by atoms with Crippen molar-refractivity contribution in [2.45, 2.75) is 53.9 Å². The largest absolute Gasteiger partial charge is 0.344 e. The number of para-hydroxylation sites is 1. The van der Waals surface area contributed by atoms with Crippen molar-refractivity contribution < 1.29 is 0 Å². The third-order valence-corrected chi connectivity index (χ3v) is 4.02. The Morgan fingerprint density at radius 1 is 1.07 bits per heavy atom. The minimum Gasteiger partial charge on any atom is -0.344 e. The summed E-state index contributed by atoms with van der Waals surface area (Å²) in [7, 11) is 3.88. The number of rotatable bonds is 6. The summed E-state index contributed by atoms with van der Waals surface area (Å²) >= 11 is 0. The van der Waals surface area contributed by atoms with E-state index in [0.717, 1.165) is 0 Å². The van der Waals surface area contributed by atoms with Gasteiger partial charge in [0.25, 0.3) is 0 Å². The molecule has 0 saturated carbocycles. The molecule has 0 bridgehead atoms. The summed E-state index contributed by atoms with van der Waals surface area (Å²) in [6, 6.07) is 16.7. The number of hydrogen-bond donors (Lipinski definition) is 0. The molecule has 2 nitrogen and oxygen atoms in total. The van der Waals surface area contributed by atoms with E-state index >= 15 is 0 Å². The molecule has 0 unspecified atom stereocenters. The molecule has 0 aliphatic heterocycles. The highest BCUT2D eigenvalue weighted by atomic mass is 15.1. The van der Waals surface area contributed by atoms with Crippen molar-refractivity contribution >= 4 is 17.6 Å². The SMILES string of the molecule is C=C(C)CCCC.CC.CN=Cc1c(C)cccc1N(C)c1ccccc1. The summed E-state index contributed by atoms with van der Waals surface area (Å²) in [5.74, 6) is 0. The van der Waals surface area contributed by atoms with E-state index in [2.05, 4.69) is 86.8 Å². The number of unbranched alkanes of at least 4 members (excludes halogenated alkanes) is 1. The molecule has 0 radical (unpaired) electrons. The van der Waals surface area contributed by atoms with Crippen LogP contribution in [-0.4, -0.2) is 20.3 Å². The summed E-state index contributed by atoms with van der Waals surface area (Å²) in [4.78, 5) is 6.34. The van der Waals surface area contributed by atoms with E-state index in [-0.39, 0.29) is 0 Å². The number of nitrogens with zero attached hydrogens (tertiary/aromatic N) is 2. The lowest BCUT2D eigenvalue weighted by Gasteiger charge is -2.22. The predicted octanol–water partition coefficient (Wildman–Crippen LogP) is 7.59. The van der Waals surface area contributed by atoms with Gasteiger partial charge in [0.05, 0.1) is 0 Å². The lowest BCUT2D eigenvalue weighted by molar-refractivity contribution is 0.789. The maximum absolute atomic E-state index is 4.15. The fourth-order valence-electron chi connectivity index (χ4n) is 2.52. The smallest absolute Gasteiger partial charge is 0.0499 e. The number of allylic oxidation sites excluding steroid dienone is 1. The third kappa shape index (κ3) is 9.23. The summed E-state index contributed by atoms with van der Waals surface area (Å²) < 4.78 is 0. The molecule has 0 aliphatic carbocycles.